The molecule has 0 radical (unpaired) electrons. The summed E-state index contributed by atoms with van der Waals surface area (Å²) >= 11 is 0. The van der Waals surface area contributed by atoms with Crippen molar-refractivity contribution in [3.63, 3.8) is 0 Å². The van der Waals surface area contributed by atoms with Gasteiger partial charge >= 0.3 is 0 Å². The highest BCUT2D eigenvalue weighted by Gasteiger charge is 2.04. The van der Waals surface area contributed by atoms with E-state index in [9.17, 15) is 0 Å². The minimum Gasteiger partial charge on any atom is -0.0909 e. The summed E-state index contributed by atoms with van der Waals surface area (Å²) in [6, 6.07) is 10.5. The molecule has 18 heavy (non-hydrogen) atoms. The van der Waals surface area contributed by atoms with Gasteiger partial charge in [-0.3, -0.25) is 0 Å². The SMILES string of the molecule is C=C(/C(=C/CCCC)CCCC)c1ccccc1. The van der Waals surface area contributed by atoms with Crippen LogP contribution < -0.4 is 0 Å². The van der Waals surface area contributed by atoms with Gasteiger partial charge < -0.3 is 0 Å². The first kappa shape index (κ1) is 14.8. The van der Waals surface area contributed by atoms with Crippen molar-refractivity contribution in [2.45, 2.75) is 52.4 Å². The van der Waals surface area contributed by atoms with Crippen LogP contribution in [0.1, 0.15) is 57.9 Å². The number of rotatable bonds is 8. The molecule has 1 aromatic carbocycles. The number of benzene rings is 1. The Balaban J connectivity index is 2.75. The van der Waals surface area contributed by atoms with Gasteiger partial charge in [0.05, 0.1) is 0 Å². The molecule has 1 rings (SSSR count). The summed E-state index contributed by atoms with van der Waals surface area (Å²) in [4.78, 5) is 0. The standard InChI is InChI=1S/C18H26/c1-4-6-9-13-17(12-7-5-2)16(3)18-14-10-8-11-15-18/h8,10-11,13-15H,3-7,9,12H2,1-2H3/b17-13+. The predicted octanol–water partition coefficient (Wildman–Crippen LogP) is 6.01. The van der Waals surface area contributed by atoms with Gasteiger partial charge in [0.2, 0.25) is 0 Å². The van der Waals surface area contributed by atoms with Crippen molar-refractivity contribution in [1.82, 2.24) is 0 Å². The van der Waals surface area contributed by atoms with E-state index in [0.717, 1.165) is 6.42 Å². The molecule has 98 valence electrons. The van der Waals surface area contributed by atoms with Crippen molar-refractivity contribution in [3.05, 3.63) is 54.1 Å². The maximum absolute atomic E-state index is 4.29. The maximum Gasteiger partial charge on any atom is -0.0187 e. The third-order valence-electron chi connectivity index (χ3n) is 3.26. The highest BCUT2D eigenvalue weighted by Crippen LogP contribution is 2.26. The third-order valence-corrected chi connectivity index (χ3v) is 3.26. The summed E-state index contributed by atoms with van der Waals surface area (Å²) in [5, 5.41) is 0. The van der Waals surface area contributed by atoms with Gasteiger partial charge in [-0.15, -0.1) is 0 Å². The van der Waals surface area contributed by atoms with E-state index in [0.29, 0.717) is 0 Å². The van der Waals surface area contributed by atoms with Gasteiger partial charge in [0.1, 0.15) is 0 Å². The fraction of sp³-hybridized carbons (Fsp3) is 0.444. The topological polar surface area (TPSA) is 0 Å². The summed E-state index contributed by atoms with van der Waals surface area (Å²) < 4.78 is 0. The molecule has 0 heteroatoms. The molecule has 0 nitrogen and oxygen atoms in total. The van der Waals surface area contributed by atoms with Gasteiger partial charge in [0.25, 0.3) is 0 Å². The Kier molecular flexibility index (Phi) is 7.17. The zero-order valence-corrected chi connectivity index (χ0v) is 11.9. The molecule has 1 aromatic rings. The van der Waals surface area contributed by atoms with Gasteiger partial charge in [-0.05, 0) is 36.0 Å². The lowest BCUT2D eigenvalue weighted by molar-refractivity contribution is 0.780. The fourth-order valence-electron chi connectivity index (χ4n) is 2.05. The second-order valence-electron chi connectivity index (χ2n) is 4.82. The number of allylic oxidation sites excluding steroid dienone is 3. The molecule has 0 aromatic heterocycles. The zero-order chi connectivity index (χ0) is 13.2. The molecule has 0 N–H and O–H groups in total. The highest BCUT2D eigenvalue weighted by atomic mass is 14.1. The van der Waals surface area contributed by atoms with E-state index in [1.54, 1.807) is 0 Å². The first-order chi connectivity index (χ1) is 8.79. The first-order valence-corrected chi connectivity index (χ1v) is 7.23. The smallest absolute Gasteiger partial charge is 0.0187 e. The fourth-order valence-corrected chi connectivity index (χ4v) is 2.05. The van der Waals surface area contributed by atoms with Crippen molar-refractivity contribution in [1.29, 1.82) is 0 Å². The Morgan fingerprint density at radius 1 is 1.06 bits per heavy atom. The second kappa shape index (κ2) is 8.74. The Labute approximate surface area is 112 Å². The molecule has 0 aliphatic heterocycles. The molecule has 0 amide bonds. The summed E-state index contributed by atoms with van der Waals surface area (Å²) in [5.41, 5.74) is 3.91. The minimum absolute atomic E-state index is 1.16. The van der Waals surface area contributed by atoms with E-state index < -0.39 is 0 Å². The molecule has 0 heterocycles. The van der Waals surface area contributed by atoms with Crippen LogP contribution >= 0.6 is 0 Å². The predicted molar refractivity (Wildman–Crippen MR) is 82.6 cm³/mol. The van der Waals surface area contributed by atoms with Crippen LogP contribution in [0.3, 0.4) is 0 Å². The Morgan fingerprint density at radius 2 is 1.72 bits per heavy atom. The lowest BCUT2D eigenvalue weighted by Crippen LogP contribution is -1.90. The number of unbranched alkanes of at least 4 members (excludes halogenated alkanes) is 3. The van der Waals surface area contributed by atoms with E-state index in [1.807, 2.05) is 0 Å². The molecule has 0 atom stereocenters. The van der Waals surface area contributed by atoms with Crippen molar-refractivity contribution in [2.24, 2.45) is 0 Å². The largest absolute Gasteiger partial charge is 0.0909 e. The van der Waals surface area contributed by atoms with Crippen LogP contribution in [0.2, 0.25) is 0 Å². The number of hydrogen-bond acceptors (Lipinski definition) is 0. The normalized spacial score (nSPS) is 11.6. The number of hydrogen-bond donors (Lipinski definition) is 0. The molecule has 0 fully saturated rings. The van der Waals surface area contributed by atoms with Crippen LogP contribution in [0.4, 0.5) is 0 Å². The summed E-state index contributed by atoms with van der Waals surface area (Å²) in [6.07, 6.45) is 9.77. The van der Waals surface area contributed by atoms with E-state index >= 15 is 0 Å². The summed E-state index contributed by atoms with van der Waals surface area (Å²) in [5.74, 6) is 0. The molecule has 0 saturated heterocycles. The van der Waals surface area contributed by atoms with Crippen molar-refractivity contribution < 1.29 is 0 Å². The van der Waals surface area contributed by atoms with E-state index in [1.165, 1.54) is 48.8 Å². The summed E-state index contributed by atoms with van der Waals surface area (Å²) in [6.45, 7) is 8.78. The second-order valence-corrected chi connectivity index (χ2v) is 4.82. The van der Waals surface area contributed by atoms with Crippen molar-refractivity contribution >= 4 is 5.57 Å². The molecule has 0 aliphatic carbocycles. The molecule has 0 saturated carbocycles. The molecule has 0 spiro atoms. The van der Waals surface area contributed by atoms with Gasteiger partial charge in [0.15, 0.2) is 0 Å². The third kappa shape index (κ3) is 4.91. The van der Waals surface area contributed by atoms with Crippen LogP contribution in [0.15, 0.2) is 48.6 Å². The van der Waals surface area contributed by atoms with E-state index in [2.05, 4.69) is 56.8 Å². The zero-order valence-electron chi connectivity index (χ0n) is 11.9. The quantitative estimate of drug-likeness (QED) is 0.387. The lowest BCUT2D eigenvalue weighted by atomic mass is 9.94. The Hall–Kier alpha value is -1.30. The van der Waals surface area contributed by atoms with Gasteiger partial charge in [0, 0.05) is 0 Å². The monoisotopic (exact) mass is 242 g/mol. The minimum atomic E-state index is 1.16. The van der Waals surface area contributed by atoms with Gasteiger partial charge in [-0.25, -0.2) is 0 Å². The van der Waals surface area contributed by atoms with Crippen molar-refractivity contribution in [2.75, 3.05) is 0 Å². The average molecular weight is 242 g/mol. The molecule has 0 unspecified atom stereocenters. The van der Waals surface area contributed by atoms with E-state index in [-0.39, 0.29) is 0 Å². The average Bonchev–Trinajstić information content (AvgIpc) is 2.43. The highest BCUT2D eigenvalue weighted by molar-refractivity contribution is 5.77. The summed E-state index contributed by atoms with van der Waals surface area (Å²) in [7, 11) is 0. The molecule has 0 aliphatic rings. The van der Waals surface area contributed by atoms with E-state index in [4.69, 9.17) is 0 Å². The first-order valence-electron chi connectivity index (χ1n) is 7.23. The molecule has 0 bridgehead atoms. The molecular weight excluding hydrogens is 216 g/mol. The molecular formula is C18H26. The maximum atomic E-state index is 4.29. The van der Waals surface area contributed by atoms with Crippen LogP contribution in [-0.2, 0) is 0 Å². The van der Waals surface area contributed by atoms with Gasteiger partial charge in [-0.2, -0.15) is 0 Å². The van der Waals surface area contributed by atoms with Crippen LogP contribution in [0, 0.1) is 0 Å². The van der Waals surface area contributed by atoms with Gasteiger partial charge in [-0.1, -0.05) is 76.1 Å². The lowest BCUT2D eigenvalue weighted by Gasteiger charge is -2.11. The van der Waals surface area contributed by atoms with Crippen LogP contribution in [-0.4, -0.2) is 0 Å². The Bertz CT molecular complexity index is 370. The van der Waals surface area contributed by atoms with Crippen molar-refractivity contribution in [3.8, 4) is 0 Å². The van der Waals surface area contributed by atoms with Crippen LogP contribution in [0.25, 0.3) is 5.57 Å². The Morgan fingerprint density at radius 3 is 2.33 bits per heavy atom. The van der Waals surface area contributed by atoms with Crippen LogP contribution in [0.5, 0.6) is 0 Å².